The largest absolute Gasteiger partial charge is 0.458 e. The number of aromatic nitrogens is 2. The van der Waals surface area contributed by atoms with Crippen molar-refractivity contribution in [1.29, 1.82) is 0 Å². The second kappa shape index (κ2) is 7.46. The molecule has 0 bridgehead atoms. The van der Waals surface area contributed by atoms with Crippen molar-refractivity contribution in [3.8, 4) is 0 Å². The summed E-state index contributed by atoms with van der Waals surface area (Å²) in [5.41, 5.74) is -3.33. The molecule has 0 spiro atoms. The first kappa shape index (κ1) is 20.2. The number of esters is 1. The molecular weight excluding hydrogens is 391 g/mol. The zero-order chi connectivity index (χ0) is 21.3. The number of fused-ring (bicyclic) bond motifs is 1. The molecule has 2 aromatic rings. The highest BCUT2D eigenvalue weighted by molar-refractivity contribution is 5.94. The van der Waals surface area contributed by atoms with Crippen molar-refractivity contribution in [2.45, 2.75) is 19.0 Å². The zero-order valence-corrected chi connectivity index (χ0v) is 15.1. The van der Waals surface area contributed by atoms with Crippen LogP contribution < -0.4 is 16.6 Å². The van der Waals surface area contributed by atoms with Crippen LogP contribution in [-0.4, -0.2) is 22.5 Å². The fourth-order valence-electron chi connectivity index (χ4n) is 3.29. The van der Waals surface area contributed by atoms with Crippen molar-refractivity contribution in [3.63, 3.8) is 0 Å². The van der Waals surface area contributed by atoms with Gasteiger partial charge in [0.15, 0.2) is 0 Å². The van der Waals surface area contributed by atoms with Gasteiger partial charge >= 0.3 is 17.8 Å². The lowest BCUT2D eigenvalue weighted by atomic mass is 9.80. The number of H-pyrrole nitrogens is 2. The number of alkyl halides is 3. The van der Waals surface area contributed by atoms with Crippen LogP contribution in [0.4, 0.5) is 19.0 Å². The van der Waals surface area contributed by atoms with Crippen LogP contribution in [0.3, 0.4) is 0 Å². The molecule has 1 atom stereocenters. The SMILES string of the molecule is C=CCOC(=O)C1=C(C)Nc2[nH]c(=O)[nH]c(=O)c2[C@@H]1c1ccccc1C(F)(F)F. The first-order chi connectivity index (χ1) is 13.6. The van der Waals surface area contributed by atoms with Crippen LogP contribution in [0, 0.1) is 0 Å². The van der Waals surface area contributed by atoms with Crippen LogP contribution >= 0.6 is 0 Å². The molecule has 7 nitrogen and oxygen atoms in total. The van der Waals surface area contributed by atoms with Gasteiger partial charge in [0, 0.05) is 5.70 Å². The minimum Gasteiger partial charge on any atom is -0.458 e. The molecule has 0 amide bonds. The summed E-state index contributed by atoms with van der Waals surface area (Å²) >= 11 is 0. The minimum absolute atomic E-state index is 0.0847. The summed E-state index contributed by atoms with van der Waals surface area (Å²) in [6, 6.07) is 4.62. The van der Waals surface area contributed by atoms with Gasteiger partial charge in [0.05, 0.1) is 22.6 Å². The highest BCUT2D eigenvalue weighted by Crippen LogP contribution is 2.44. The van der Waals surface area contributed by atoms with Crippen molar-refractivity contribution in [1.82, 2.24) is 9.97 Å². The molecular formula is C19H16F3N3O4. The van der Waals surface area contributed by atoms with Crippen molar-refractivity contribution in [2.24, 2.45) is 0 Å². The Morgan fingerprint density at radius 2 is 1.93 bits per heavy atom. The van der Waals surface area contributed by atoms with Crippen LogP contribution in [0.1, 0.15) is 29.5 Å². The summed E-state index contributed by atoms with van der Waals surface area (Å²) < 4.78 is 46.0. The average Bonchev–Trinajstić information content (AvgIpc) is 2.64. The molecule has 0 aliphatic carbocycles. The van der Waals surface area contributed by atoms with E-state index in [4.69, 9.17) is 4.74 Å². The van der Waals surface area contributed by atoms with E-state index in [2.05, 4.69) is 16.9 Å². The third kappa shape index (κ3) is 3.73. The maximum absolute atomic E-state index is 13.7. The quantitative estimate of drug-likeness (QED) is 0.534. The van der Waals surface area contributed by atoms with Gasteiger partial charge in [-0.15, -0.1) is 0 Å². The summed E-state index contributed by atoms with van der Waals surface area (Å²) in [6.07, 6.45) is -3.43. The lowest BCUT2D eigenvalue weighted by Crippen LogP contribution is -2.35. The monoisotopic (exact) mass is 407 g/mol. The number of aromatic amines is 2. The van der Waals surface area contributed by atoms with E-state index in [-0.39, 0.29) is 34.8 Å². The predicted molar refractivity (Wildman–Crippen MR) is 98.4 cm³/mol. The molecule has 152 valence electrons. The Morgan fingerprint density at radius 3 is 2.59 bits per heavy atom. The Balaban J connectivity index is 2.34. The first-order valence-electron chi connectivity index (χ1n) is 8.43. The van der Waals surface area contributed by atoms with Gasteiger partial charge < -0.3 is 10.1 Å². The van der Waals surface area contributed by atoms with Crippen LogP contribution in [0.15, 0.2) is 57.8 Å². The van der Waals surface area contributed by atoms with E-state index >= 15 is 0 Å². The highest BCUT2D eigenvalue weighted by atomic mass is 19.4. The summed E-state index contributed by atoms with van der Waals surface area (Å²) in [7, 11) is 0. The number of allylic oxidation sites excluding steroid dienone is 1. The smallest absolute Gasteiger partial charge is 0.416 e. The van der Waals surface area contributed by atoms with Crippen LogP contribution in [0.5, 0.6) is 0 Å². The second-order valence-electron chi connectivity index (χ2n) is 6.27. The van der Waals surface area contributed by atoms with Gasteiger partial charge in [0.25, 0.3) is 5.56 Å². The summed E-state index contributed by atoms with van der Waals surface area (Å²) in [5.74, 6) is -2.41. The third-order valence-corrected chi connectivity index (χ3v) is 4.40. The summed E-state index contributed by atoms with van der Waals surface area (Å²) in [6.45, 7) is 4.70. The lowest BCUT2D eigenvalue weighted by Gasteiger charge is -2.30. The van der Waals surface area contributed by atoms with Gasteiger partial charge in [-0.25, -0.2) is 9.59 Å². The molecule has 1 aliphatic heterocycles. The lowest BCUT2D eigenvalue weighted by molar-refractivity contribution is -0.140. The number of rotatable bonds is 4. The van der Waals surface area contributed by atoms with Gasteiger partial charge in [0.2, 0.25) is 0 Å². The molecule has 3 N–H and O–H groups in total. The predicted octanol–water partition coefficient (Wildman–Crippen LogP) is 2.64. The Bertz CT molecular complexity index is 1130. The Hall–Kier alpha value is -3.56. The molecule has 2 heterocycles. The fourth-order valence-corrected chi connectivity index (χ4v) is 3.29. The molecule has 10 heteroatoms. The van der Waals surface area contributed by atoms with Crippen LogP contribution in [0.25, 0.3) is 0 Å². The minimum atomic E-state index is -4.74. The molecule has 1 aliphatic rings. The number of hydrogen-bond acceptors (Lipinski definition) is 5. The number of ether oxygens (including phenoxy) is 1. The van der Waals surface area contributed by atoms with Gasteiger partial charge in [-0.05, 0) is 18.6 Å². The van der Waals surface area contributed by atoms with E-state index in [1.807, 2.05) is 4.98 Å². The zero-order valence-electron chi connectivity index (χ0n) is 15.1. The third-order valence-electron chi connectivity index (χ3n) is 4.40. The fraction of sp³-hybridized carbons (Fsp3) is 0.211. The Morgan fingerprint density at radius 1 is 1.24 bits per heavy atom. The van der Waals surface area contributed by atoms with Gasteiger partial charge in [0.1, 0.15) is 12.4 Å². The summed E-state index contributed by atoms with van der Waals surface area (Å²) in [5, 5.41) is 2.70. The maximum atomic E-state index is 13.7. The van der Waals surface area contributed by atoms with E-state index < -0.39 is 34.9 Å². The number of halogens is 3. The number of anilines is 1. The van der Waals surface area contributed by atoms with E-state index in [1.165, 1.54) is 31.2 Å². The topological polar surface area (TPSA) is 104 Å². The number of hydrogen-bond donors (Lipinski definition) is 3. The normalized spacial score (nSPS) is 16.1. The van der Waals surface area contributed by atoms with E-state index in [9.17, 15) is 27.6 Å². The first-order valence-corrected chi connectivity index (χ1v) is 8.43. The highest BCUT2D eigenvalue weighted by Gasteiger charge is 2.41. The van der Waals surface area contributed by atoms with Crippen molar-refractivity contribution < 1.29 is 22.7 Å². The standard InChI is InChI=1S/C19H16F3N3O4/c1-3-8-29-17(27)12-9(2)23-15-14(16(26)25-18(28)24-15)13(12)10-6-4-5-7-11(10)19(20,21)22/h3-7,13H,1,8H2,2H3,(H3,23,24,25,26,28)/t13-/m1/s1. The molecule has 0 unspecified atom stereocenters. The molecule has 1 aromatic heterocycles. The van der Waals surface area contributed by atoms with Crippen LogP contribution in [0.2, 0.25) is 0 Å². The van der Waals surface area contributed by atoms with Crippen molar-refractivity contribution in [3.05, 3.63) is 85.7 Å². The molecule has 1 aromatic carbocycles. The van der Waals surface area contributed by atoms with Gasteiger partial charge in [-0.2, -0.15) is 13.2 Å². The van der Waals surface area contributed by atoms with Crippen LogP contribution in [-0.2, 0) is 15.7 Å². The molecule has 0 fully saturated rings. The molecule has 0 saturated carbocycles. The van der Waals surface area contributed by atoms with E-state index in [0.29, 0.717) is 0 Å². The maximum Gasteiger partial charge on any atom is 0.416 e. The van der Waals surface area contributed by atoms with Crippen molar-refractivity contribution in [2.75, 3.05) is 11.9 Å². The van der Waals surface area contributed by atoms with Crippen molar-refractivity contribution >= 4 is 11.8 Å². The molecule has 3 rings (SSSR count). The number of nitrogens with one attached hydrogen (secondary N) is 3. The number of carbonyl (C=O) groups is 1. The van der Waals surface area contributed by atoms with E-state index in [1.54, 1.807) is 0 Å². The molecule has 0 radical (unpaired) electrons. The average molecular weight is 407 g/mol. The number of carbonyl (C=O) groups excluding carboxylic acids is 1. The second-order valence-corrected chi connectivity index (χ2v) is 6.27. The van der Waals surface area contributed by atoms with Gasteiger partial charge in [-0.3, -0.25) is 14.8 Å². The van der Waals surface area contributed by atoms with E-state index in [0.717, 1.165) is 6.07 Å². The Labute approximate surface area is 161 Å². The Kier molecular flexibility index (Phi) is 5.19. The number of benzene rings is 1. The van der Waals surface area contributed by atoms with Gasteiger partial charge in [-0.1, -0.05) is 30.9 Å². The molecule has 29 heavy (non-hydrogen) atoms. The summed E-state index contributed by atoms with van der Waals surface area (Å²) in [4.78, 5) is 41.2. The molecule has 0 saturated heterocycles.